The van der Waals surface area contributed by atoms with Crippen LogP contribution in [0.5, 0.6) is 0 Å². The highest BCUT2D eigenvalue weighted by Crippen LogP contribution is 2.28. The number of hydrogen-bond donors (Lipinski definition) is 1. The number of benzene rings is 2. The summed E-state index contributed by atoms with van der Waals surface area (Å²) in [6.07, 6.45) is 0. The van der Waals surface area contributed by atoms with E-state index in [0.717, 1.165) is 5.56 Å². The van der Waals surface area contributed by atoms with Crippen molar-refractivity contribution in [2.75, 3.05) is 5.73 Å². The predicted octanol–water partition coefficient (Wildman–Crippen LogP) is 2.60. The SMILES string of the molecule is Cc1ccc(-c2nc(C#N)c(S(=O)(=O)n3nc(-c4ccccc4)nc3N)o2)cc1. The summed E-state index contributed by atoms with van der Waals surface area (Å²) in [5.41, 5.74) is 7.54. The first-order chi connectivity index (χ1) is 13.9. The molecule has 2 N–H and O–H groups in total. The van der Waals surface area contributed by atoms with Crippen molar-refractivity contribution in [3.63, 3.8) is 0 Å². The van der Waals surface area contributed by atoms with Gasteiger partial charge in [-0.2, -0.15) is 23.6 Å². The molecule has 0 saturated carbocycles. The zero-order chi connectivity index (χ0) is 20.6. The Balaban J connectivity index is 1.81. The van der Waals surface area contributed by atoms with Crippen molar-refractivity contribution in [1.82, 2.24) is 19.2 Å². The van der Waals surface area contributed by atoms with E-state index in [1.165, 1.54) is 0 Å². The number of aryl methyl sites for hydroxylation is 1. The summed E-state index contributed by atoms with van der Waals surface area (Å²) in [7, 11) is -4.43. The van der Waals surface area contributed by atoms with Crippen molar-refractivity contribution in [3.8, 4) is 28.9 Å². The minimum atomic E-state index is -4.43. The zero-order valence-electron chi connectivity index (χ0n) is 15.1. The number of rotatable bonds is 4. The molecule has 0 unspecified atom stereocenters. The van der Waals surface area contributed by atoms with Gasteiger partial charge in [0.25, 0.3) is 5.09 Å². The maximum absolute atomic E-state index is 13.1. The second-order valence-corrected chi connectivity index (χ2v) is 7.81. The maximum atomic E-state index is 13.1. The van der Waals surface area contributed by atoms with Crippen LogP contribution in [0.25, 0.3) is 22.8 Å². The first kappa shape index (κ1) is 18.4. The highest BCUT2D eigenvalue weighted by atomic mass is 32.2. The quantitative estimate of drug-likeness (QED) is 0.545. The van der Waals surface area contributed by atoms with Crippen LogP contribution in [0, 0.1) is 18.3 Å². The van der Waals surface area contributed by atoms with Crippen molar-refractivity contribution in [2.24, 2.45) is 0 Å². The van der Waals surface area contributed by atoms with Gasteiger partial charge in [-0.25, -0.2) is 0 Å². The third-order valence-electron chi connectivity index (χ3n) is 4.10. The van der Waals surface area contributed by atoms with Crippen LogP contribution in [-0.4, -0.2) is 27.6 Å². The molecule has 2 aromatic carbocycles. The number of nitrogens with zero attached hydrogens (tertiary/aromatic N) is 5. The number of anilines is 1. The van der Waals surface area contributed by atoms with E-state index in [9.17, 15) is 13.7 Å². The van der Waals surface area contributed by atoms with Crippen molar-refractivity contribution < 1.29 is 12.8 Å². The van der Waals surface area contributed by atoms with E-state index in [1.54, 1.807) is 48.5 Å². The molecule has 0 amide bonds. The molecule has 144 valence electrons. The Labute approximate surface area is 166 Å². The minimum absolute atomic E-state index is 0.00194. The first-order valence-corrected chi connectivity index (χ1v) is 9.85. The van der Waals surface area contributed by atoms with Gasteiger partial charge in [-0.1, -0.05) is 48.0 Å². The zero-order valence-corrected chi connectivity index (χ0v) is 16.0. The van der Waals surface area contributed by atoms with E-state index >= 15 is 0 Å². The number of nitriles is 1. The number of nitrogens with two attached hydrogens (primary N) is 1. The fourth-order valence-corrected chi connectivity index (χ4v) is 3.80. The molecule has 29 heavy (non-hydrogen) atoms. The summed E-state index contributed by atoms with van der Waals surface area (Å²) in [6.45, 7) is 1.91. The smallest absolute Gasteiger partial charge is 0.322 e. The molecule has 0 aliphatic heterocycles. The van der Waals surface area contributed by atoms with Gasteiger partial charge in [0.1, 0.15) is 6.07 Å². The van der Waals surface area contributed by atoms with E-state index in [1.807, 2.05) is 19.1 Å². The van der Waals surface area contributed by atoms with Crippen molar-refractivity contribution >= 4 is 16.0 Å². The molecule has 0 atom stereocenters. The lowest BCUT2D eigenvalue weighted by Gasteiger charge is -2.01. The third-order valence-corrected chi connectivity index (χ3v) is 5.57. The molecule has 10 heteroatoms. The molecule has 0 fully saturated rings. The average molecular weight is 406 g/mol. The predicted molar refractivity (Wildman–Crippen MR) is 104 cm³/mol. The molecule has 0 bridgehead atoms. The Kier molecular flexibility index (Phi) is 4.37. The fraction of sp³-hybridized carbons (Fsp3) is 0.0526. The Morgan fingerprint density at radius 1 is 1.03 bits per heavy atom. The van der Waals surface area contributed by atoms with Gasteiger partial charge in [-0.05, 0) is 19.1 Å². The van der Waals surface area contributed by atoms with Crippen molar-refractivity contribution in [1.29, 1.82) is 5.26 Å². The van der Waals surface area contributed by atoms with E-state index in [2.05, 4.69) is 15.1 Å². The van der Waals surface area contributed by atoms with E-state index in [4.69, 9.17) is 10.2 Å². The lowest BCUT2D eigenvalue weighted by Crippen LogP contribution is -2.17. The van der Waals surface area contributed by atoms with Gasteiger partial charge in [0.05, 0.1) is 0 Å². The number of hydrogen-bond acceptors (Lipinski definition) is 8. The van der Waals surface area contributed by atoms with Gasteiger partial charge in [0.2, 0.25) is 17.5 Å². The fourth-order valence-electron chi connectivity index (χ4n) is 2.65. The average Bonchev–Trinajstić information content (AvgIpc) is 3.34. The van der Waals surface area contributed by atoms with Crippen LogP contribution in [0.3, 0.4) is 0 Å². The second-order valence-electron chi connectivity index (χ2n) is 6.14. The topological polar surface area (TPSA) is 141 Å². The van der Waals surface area contributed by atoms with E-state index in [-0.39, 0.29) is 17.7 Å². The lowest BCUT2D eigenvalue weighted by molar-refractivity contribution is 0.452. The van der Waals surface area contributed by atoms with Gasteiger partial charge in [0.15, 0.2) is 5.82 Å². The van der Waals surface area contributed by atoms with Crippen LogP contribution in [-0.2, 0) is 10.0 Å². The Morgan fingerprint density at radius 3 is 2.38 bits per heavy atom. The van der Waals surface area contributed by atoms with Crippen molar-refractivity contribution in [3.05, 3.63) is 65.9 Å². The molecule has 4 aromatic rings. The monoisotopic (exact) mass is 406 g/mol. The molecule has 4 rings (SSSR count). The Bertz CT molecular complexity index is 1330. The molecule has 0 aliphatic rings. The van der Waals surface area contributed by atoms with Crippen LogP contribution >= 0.6 is 0 Å². The first-order valence-electron chi connectivity index (χ1n) is 8.41. The summed E-state index contributed by atoms with van der Waals surface area (Å²) in [5, 5.41) is 12.7. The molecular formula is C19H14N6O3S. The summed E-state index contributed by atoms with van der Waals surface area (Å²) in [6, 6.07) is 17.6. The largest absolute Gasteiger partial charge is 0.421 e. The second kappa shape index (κ2) is 6.88. The van der Waals surface area contributed by atoms with Crippen LogP contribution in [0.2, 0.25) is 0 Å². The van der Waals surface area contributed by atoms with Gasteiger partial charge >= 0.3 is 10.0 Å². The molecule has 2 heterocycles. The van der Waals surface area contributed by atoms with Gasteiger partial charge in [-0.15, -0.1) is 9.19 Å². The number of nitrogen functional groups attached to an aromatic ring is 1. The number of aromatic nitrogens is 4. The van der Waals surface area contributed by atoms with Gasteiger partial charge < -0.3 is 10.2 Å². The number of oxazole rings is 1. The maximum Gasteiger partial charge on any atom is 0.322 e. The molecular weight excluding hydrogens is 392 g/mol. The molecule has 9 nitrogen and oxygen atoms in total. The molecule has 2 aromatic heterocycles. The summed E-state index contributed by atoms with van der Waals surface area (Å²) in [4.78, 5) is 8.01. The Morgan fingerprint density at radius 2 is 1.72 bits per heavy atom. The summed E-state index contributed by atoms with van der Waals surface area (Å²) < 4.78 is 32.1. The highest BCUT2D eigenvalue weighted by Gasteiger charge is 2.32. The van der Waals surface area contributed by atoms with Crippen LogP contribution in [0.1, 0.15) is 11.3 Å². The van der Waals surface area contributed by atoms with Gasteiger partial charge in [-0.3, -0.25) is 0 Å². The summed E-state index contributed by atoms with van der Waals surface area (Å²) >= 11 is 0. The van der Waals surface area contributed by atoms with Crippen molar-refractivity contribution in [2.45, 2.75) is 12.0 Å². The minimum Gasteiger partial charge on any atom is -0.421 e. The van der Waals surface area contributed by atoms with Gasteiger partial charge in [0, 0.05) is 11.1 Å². The standard InChI is InChI=1S/C19H14N6O3S/c1-12-7-9-14(10-8-12)17-22-15(11-20)18(28-17)29(26,27)25-19(21)23-16(24-25)13-5-3-2-4-6-13/h2-10H,1H3,(H2,21,23,24). The molecule has 0 saturated heterocycles. The van der Waals surface area contributed by atoms with Crippen LogP contribution < -0.4 is 5.73 Å². The Hall–Kier alpha value is -3.97. The molecule has 0 radical (unpaired) electrons. The lowest BCUT2D eigenvalue weighted by atomic mass is 10.1. The molecule has 0 spiro atoms. The highest BCUT2D eigenvalue weighted by molar-refractivity contribution is 7.89. The molecule has 0 aliphatic carbocycles. The van der Waals surface area contributed by atoms with E-state index < -0.39 is 20.8 Å². The van der Waals surface area contributed by atoms with E-state index in [0.29, 0.717) is 15.2 Å². The normalized spacial score (nSPS) is 11.3. The summed E-state index contributed by atoms with van der Waals surface area (Å²) in [5.74, 6) is -0.230. The van der Waals surface area contributed by atoms with Crippen LogP contribution in [0.15, 0.2) is 64.1 Å². The third kappa shape index (κ3) is 3.24. The van der Waals surface area contributed by atoms with Crippen LogP contribution in [0.4, 0.5) is 5.95 Å².